The average Bonchev–Trinajstić information content (AvgIpc) is 3.07. The fraction of sp³-hybridized carbons (Fsp3) is 0.611. The number of nitrogens with one attached hydrogen (secondary N) is 2. The van der Waals surface area contributed by atoms with Crippen molar-refractivity contribution >= 4 is 47.4 Å². The number of para-hydroxylation sites is 2. The van der Waals surface area contributed by atoms with Crippen LogP contribution in [-0.2, 0) is 0 Å². The molecule has 1 fully saturated rings. The summed E-state index contributed by atoms with van der Waals surface area (Å²) < 4.78 is 30.0. The smallest absolute Gasteiger partial charge is 0.387 e. The Morgan fingerprint density at radius 1 is 1.41 bits per heavy atom. The number of rotatable bonds is 7. The van der Waals surface area contributed by atoms with E-state index in [2.05, 4.69) is 45.4 Å². The third-order valence-corrected chi connectivity index (χ3v) is 5.66. The summed E-state index contributed by atoms with van der Waals surface area (Å²) in [6, 6.07) is 7.12. The maximum atomic E-state index is 12.6. The second kappa shape index (κ2) is 11.1. The zero-order valence-electron chi connectivity index (χ0n) is 16.2. The highest BCUT2D eigenvalue weighted by Crippen LogP contribution is 2.31. The van der Waals surface area contributed by atoms with Crippen molar-refractivity contribution in [2.24, 2.45) is 4.99 Å². The van der Waals surface area contributed by atoms with Crippen LogP contribution in [0.5, 0.6) is 5.75 Å². The van der Waals surface area contributed by atoms with Crippen LogP contribution in [0.25, 0.3) is 0 Å². The highest BCUT2D eigenvalue weighted by atomic mass is 127. The number of hydrogen-bond acceptors (Lipinski definition) is 4. The van der Waals surface area contributed by atoms with Gasteiger partial charge in [-0.15, -0.1) is 24.0 Å². The molecule has 1 saturated heterocycles. The minimum absolute atomic E-state index is 0. The molecule has 0 saturated carbocycles. The van der Waals surface area contributed by atoms with Crippen molar-refractivity contribution in [2.45, 2.75) is 37.7 Å². The van der Waals surface area contributed by atoms with Crippen LogP contribution in [-0.4, -0.2) is 56.3 Å². The normalized spacial score (nSPS) is 17.7. The van der Waals surface area contributed by atoms with Gasteiger partial charge in [-0.1, -0.05) is 12.1 Å². The Morgan fingerprint density at radius 2 is 2.11 bits per heavy atom. The van der Waals surface area contributed by atoms with Crippen LogP contribution in [0.4, 0.5) is 14.5 Å². The van der Waals surface area contributed by atoms with Crippen LogP contribution in [0.15, 0.2) is 29.3 Å². The molecule has 0 radical (unpaired) electrons. The van der Waals surface area contributed by atoms with E-state index in [0.29, 0.717) is 12.2 Å². The van der Waals surface area contributed by atoms with Gasteiger partial charge in [0.25, 0.3) is 0 Å². The first-order chi connectivity index (χ1) is 12.3. The summed E-state index contributed by atoms with van der Waals surface area (Å²) in [5.41, 5.74) is 0.698. The Labute approximate surface area is 181 Å². The lowest BCUT2D eigenvalue weighted by Gasteiger charge is -2.25. The second-order valence-electron chi connectivity index (χ2n) is 6.81. The van der Waals surface area contributed by atoms with E-state index in [1.165, 1.54) is 0 Å². The maximum Gasteiger partial charge on any atom is 0.387 e. The minimum atomic E-state index is -2.82. The van der Waals surface area contributed by atoms with Gasteiger partial charge in [-0.25, -0.2) is 0 Å². The Bertz CT molecular complexity index is 619. The summed E-state index contributed by atoms with van der Waals surface area (Å²) in [6.45, 7) is 3.81. The van der Waals surface area contributed by atoms with Gasteiger partial charge in [-0.3, -0.25) is 4.99 Å². The van der Waals surface area contributed by atoms with E-state index >= 15 is 0 Å². The van der Waals surface area contributed by atoms with Gasteiger partial charge in [0.15, 0.2) is 5.96 Å². The number of halogens is 3. The molecule has 0 bridgehead atoms. The molecule has 0 spiro atoms. The first-order valence-corrected chi connectivity index (χ1v) is 9.88. The summed E-state index contributed by atoms with van der Waals surface area (Å²) in [6.07, 6.45) is 2.99. The molecule has 0 amide bonds. The number of guanidine groups is 1. The quantitative estimate of drug-likeness (QED) is 0.330. The summed E-state index contributed by atoms with van der Waals surface area (Å²) in [7, 11) is 1.75. The SMILES string of the molecule is CN=C(NCC(C)(C)SC)NC1CCN(c2ccccc2OC(F)F)C1.I. The molecule has 1 aromatic carbocycles. The number of nitrogens with zero attached hydrogens (tertiary/aromatic N) is 2. The first-order valence-electron chi connectivity index (χ1n) is 8.66. The predicted molar refractivity (Wildman–Crippen MR) is 121 cm³/mol. The number of ether oxygens (including phenoxy) is 1. The van der Waals surface area contributed by atoms with Gasteiger partial charge in [0.05, 0.1) is 5.69 Å². The van der Waals surface area contributed by atoms with Gasteiger partial charge in [0, 0.05) is 37.5 Å². The van der Waals surface area contributed by atoms with Crippen LogP contribution < -0.4 is 20.3 Å². The third kappa shape index (κ3) is 7.52. The number of benzene rings is 1. The molecular formula is C18H29F2IN4OS. The van der Waals surface area contributed by atoms with Gasteiger partial charge in [-0.2, -0.15) is 20.5 Å². The Hall–Kier alpha value is -0.970. The highest BCUT2D eigenvalue weighted by Gasteiger charge is 2.26. The largest absolute Gasteiger partial charge is 0.433 e. The maximum absolute atomic E-state index is 12.6. The van der Waals surface area contributed by atoms with Crippen LogP contribution in [0.1, 0.15) is 20.3 Å². The number of hydrogen-bond donors (Lipinski definition) is 2. The van der Waals surface area contributed by atoms with Crippen LogP contribution in [0.2, 0.25) is 0 Å². The van der Waals surface area contributed by atoms with E-state index in [1.807, 2.05) is 12.1 Å². The van der Waals surface area contributed by atoms with Crippen molar-refractivity contribution in [1.29, 1.82) is 0 Å². The molecule has 0 aromatic heterocycles. The van der Waals surface area contributed by atoms with Crippen LogP contribution >= 0.6 is 35.7 Å². The van der Waals surface area contributed by atoms with Crippen molar-refractivity contribution in [1.82, 2.24) is 10.6 Å². The number of anilines is 1. The van der Waals surface area contributed by atoms with E-state index in [4.69, 9.17) is 0 Å². The van der Waals surface area contributed by atoms with E-state index in [0.717, 1.165) is 25.5 Å². The Balaban J connectivity index is 0.00000364. The summed E-state index contributed by atoms with van der Waals surface area (Å²) in [4.78, 5) is 6.35. The molecule has 1 heterocycles. The molecule has 1 unspecified atom stereocenters. The topological polar surface area (TPSA) is 48.9 Å². The standard InChI is InChI=1S/C18H28F2N4OS.HI/c1-18(2,26-4)12-22-17(21-3)23-13-9-10-24(11-13)14-7-5-6-8-15(14)25-16(19)20;/h5-8,13,16H,9-12H2,1-4H3,(H2,21,22,23);1H. The zero-order valence-corrected chi connectivity index (χ0v) is 19.3. The first kappa shape index (κ1) is 24.1. The molecule has 1 aliphatic rings. The zero-order chi connectivity index (χ0) is 19.2. The van der Waals surface area contributed by atoms with Crippen molar-refractivity contribution < 1.29 is 13.5 Å². The highest BCUT2D eigenvalue weighted by molar-refractivity contribution is 14.0. The molecule has 154 valence electrons. The molecule has 1 atom stereocenters. The predicted octanol–water partition coefficient (Wildman–Crippen LogP) is 3.79. The van der Waals surface area contributed by atoms with Crippen LogP contribution in [0.3, 0.4) is 0 Å². The van der Waals surface area contributed by atoms with Gasteiger partial charge in [0.1, 0.15) is 5.75 Å². The van der Waals surface area contributed by atoms with Gasteiger partial charge in [-0.05, 0) is 38.7 Å². The number of thioether (sulfide) groups is 1. The molecule has 9 heteroatoms. The molecule has 1 aromatic rings. The molecule has 0 aliphatic carbocycles. The van der Waals surface area contributed by atoms with Crippen molar-refractivity contribution in [3.8, 4) is 5.75 Å². The molecule has 1 aliphatic heterocycles. The fourth-order valence-corrected chi connectivity index (χ4v) is 2.98. The minimum Gasteiger partial charge on any atom is -0.433 e. The van der Waals surface area contributed by atoms with Gasteiger partial charge in [0.2, 0.25) is 0 Å². The van der Waals surface area contributed by atoms with Gasteiger partial charge >= 0.3 is 6.61 Å². The van der Waals surface area contributed by atoms with Crippen LogP contribution in [0, 0.1) is 0 Å². The van der Waals surface area contributed by atoms with Gasteiger partial charge < -0.3 is 20.3 Å². The molecule has 2 rings (SSSR count). The monoisotopic (exact) mass is 514 g/mol. The molecule has 2 N–H and O–H groups in total. The number of aliphatic imine (C=N–C) groups is 1. The Morgan fingerprint density at radius 3 is 2.74 bits per heavy atom. The lowest BCUT2D eigenvalue weighted by atomic mass is 10.2. The van der Waals surface area contributed by atoms with E-state index in [1.54, 1.807) is 30.9 Å². The van der Waals surface area contributed by atoms with Crippen molar-refractivity contribution in [3.63, 3.8) is 0 Å². The van der Waals surface area contributed by atoms with E-state index in [-0.39, 0.29) is 40.5 Å². The summed E-state index contributed by atoms with van der Waals surface area (Å²) in [5.74, 6) is 0.975. The summed E-state index contributed by atoms with van der Waals surface area (Å²) in [5, 5.41) is 6.78. The lowest BCUT2D eigenvalue weighted by molar-refractivity contribution is -0.0495. The molecule has 5 nitrogen and oxygen atoms in total. The third-order valence-electron chi connectivity index (χ3n) is 4.41. The average molecular weight is 514 g/mol. The van der Waals surface area contributed by atoms with Crippen molar-refractivity contribution in [3.05, 3.63) is 24.3 Å². The molecule has 27 heavy (non-hydrogen) atoms. The Kier molecular flexibility index (Phi) is 9.92. The van der Waals surface area contributed by atoms with E-state index < -0.39 is 6.61 Å². The lowest BCUT2D eigenvalue weighted by Crippen LogP contribution is -2.47. The second-order valence-corrected chi connectivity index (χ2v) is 8.33. The molecular weight excluding hydrogens is 485 g/mol. The fourth-order valence-electron chi connectivity index (χ4n) is 2.77. The van der Waals surface area contributed by atoms with Crippen molar-refractivity contribution in [2.75, 3.05) is 37.8 Å². The van der Waals surface area contributed by atoms with E-state index in [9.17, 15) is 8.78 Å². The number of alkyl halides is 2. The summed E-state index contributed by atoms with van der Waals surface area (Å²) >= 11 is 1.80.